The molecule has 1 aliphatic heterocycles. The molecule has 0 atom stereocenters. The molecule has 0 aromatic carbocycles. The van der Waals surface area contributed by atoms with Crippen LogP contribution in [0.15, 0.2) is 11.8 Å². The Morgan fingerprint density at radius 1 is 1.29 bits per heavy atom. The largest absolute Gasteiger partial charge is 0.483 e. The lowest BCUT2D eigenvalue weighted by Gasteiger charge is -2.54. The fourth-order valence-electron chi connectivity index (χ4n) is 3.53. The minimum absolute atomic E-state index is 0.0461. The number of nitrogens with zero attached hydrogens (tertiary/aromatic N) is 1. The minimum atomic E-state index is -0.439. The standard InChI is InChI=1S/C16H29NO4/c1-7-13(14(19)20-6)21-12-10-15(2,3)17(8-9-18)16(4,5)11-12/h7,12,18H,8-11H2,1-6H3. The molecule has 0 bridgehead atoms. The average Bonchev–Trinajstić information content (AvgIpc) is 2.38. The van der Waals surface area contributed by atoms with Gasteiger partial charge in [0.15, 0.2) is 0 Å². The van der Waals surface area contributed by atoms with Gasteiger partial charge in [-0.1, -0.05) is 0 Å². The Balaban J connectivity index is 2.88. The number of hydrogen-bond acceptors (Lipinski definition) is 5. The predicted molar refractivity (Wildman–Crippen MR) is 81.8 cm³/mol. The van der Waals surface area contributed by atoms with Crippen LogP contribution in [0.2, 0.25) is 0 Å². The Labute approximate surface area is 127 Å². The number of β-amino-alcohol motifs (C(OH)–C–C–N with tert-alkyl or cyclic N) is 1. The van der Waals surface area contributed by atoms with Crippen molar-refractivity contribution in [3.8, 4) is 0 Å². The second kappa shape index (κ2) is 6.79. The molecule has 5 heteroatoms. The van der Waals surface area contributed by atoms with Crippen LogP contribution in [0.4, 0.5) is 0 Å². The summed E-state index contributed by atoms with van der Waals surface area (Å²) in [5.74, 6) is -0.171. The molecule has 1 rings (SSSR count). The van der Waals surface area contributed by atoms with E-state index in [1.165, 1.54) is 7.11 Å². The topological polar surface area (TPSA) is 59.0 Å². The van der Waals surface area contributed by atoms with Crippen molar-refractivity contribution >= 4 is 5.97 Å². The number of carbonyl (C=O) groups is 1. The molecule has 1 aliphatic rings. The summed E-state index contributed by atoms with van der Waals surface area (Å²) in [6, 6.07) is 0. The van der Waals surface area contributed by atoms with Gasteiger partial charge in [0.05, 0.1) is 13.7 Å². The van der Waals surface area contributed by atoms with E-state index < -0.39 is 5.97 Å². The summed E-state index contributed by atoms with van der Waals surface area (Å²) >= 11 is 0. The Bertz CT molecular complexity index is 383. The number of hydrogen-bond donors (Lipinski definition) is 1. The van der Waals surface area contributed by atoms with E-state index in [0.717, 1.165) is 12.8 Å². The second-order valence-corrected chi connectivity index (χ2v) is 6.79. The number of likely N-dealkylation sites (tertiary alicyclic amines) is 1. The number of rotatable bonds is 5. The van der Waals surface area contributed by atoms with E-state index in [4.69, 9.17) is 9.47 Å². The smallest absolute Gasteiger partial charge is 0.372 e. The van der Waals surface area contributed by atoms with E-state index >= 15 is 0 Å². The molecule has 0 aliphatic carbocycles. The lowest BCUT2D eigenvalue weighted by atomic mass is 9.78. The van der Waals surface area contributed by atoms with Gasteiger partial charge in [-0.3, -0.25) is 4.90 Å². The van der Waals surface area contributed by atoms with Crippen LogP contribution in [0.5, 0.6) is 0 Å². The Morgan fingerprint density at radius 2 is 1.81 bits per heavy atom. The molecule has 5 nitrogen and oxygen atoms in total. The van der Waals surface area contributed by atoms with Crippen molar-refractivity contribution < 1.29 is 19.4 Å². The zero-order valence-electron chi connectivity index (χ0n) is 14.1. The molecule has 1 saturated heterocycles. The number of methoxy groups -OCH3 is 1. The van der Waals surface area contributed by atoms with Crippen molar-refractivity contribution in [2.75, 3.05) is 20.3 Å². The highest BCUT2D eigenvalue weighted by Crippen LogP contribution is 2.39. The van der Waals surface area contributed by atoms with Crippen molar-refractivity contribution in [1.82, 2.24) is 4.90 Å². The van der Waals surface area contributed by atoms with Gasteiger partial charge in [0.1, 0.15) is 6.10 Å². The van der Waals surface area contributed by atoms with Crippen LogP contribution in [0.25, 0.3) is 0 Å². The summed E-state index contributed by atoms with van der Waals surface area (Å²) in [5.41, 5.74) is -0.214. The Hall–Kier alpha value is -1.07. The fourth-order valence-corrected chi connectivity index (χ4v) is 3.53. The maximum absolute atomic E-state index is 11.6. The third-order valence-electron chi connectivity index (χ3n) is 4.18. The number of esters is 1. The van der Waals surface area contributed by atoms with Gasteiger partial charge in [-0.25, -0.2) is 4.79 Å². The first-order valence-electron chi connectivity index (χ1n) is 7.48. The van der Waals surface area contributed by atoms with Gasteiger partial charge in [0, 0.05) is 30.5 Å². The average molecular weight is 299 g/mol. The number of ether oxygens (including phenoxy) is 2. The maximum Gasteiger partial charge on any atom is 0.372 e. The van der Waals surface area contributed by atoms with Crippen molar-refractivity contribution in [1.29, 1.82) is 0 Å². The fraction of sp³-hybridized carbons (Fsp3) is 0.812. The molecule has 21 heavy (non-hydrogen) atoms. The molecule has 1 fully saturated rings. The number of aliphatic hydroxyl groups excluding tert-OH is 1. The van der Waals surface area contributed by atoms with Gasteiger partial charge in [0.25, 0.3) is 0 Å². The normalized spacial score (nSPS) is 22.9. The molecule has 0 unspecified atom stereocenters. The summed E-state index contributed by atoms with van der Waals surface area (Å²) in [7, 11) is 1.35. The van der Waals surface area contributed by atoms with Crippen LogP contribution in [0.3, 0.4) is 0 Å². The van der Waals surface area contributed by atoms with E-state index in [0.29, 0.717) is 6.54 Å². The third-order valence-corrected chi connectivity index (χ3v) is 4.18. The maximum atomic E-state index is 11.6. The van der Waals surface area contributed by atoms with Crippen LogP contribution in [0, 0.1) is 0 Å². The van der Waals surface area contributed by atoms with Crippen molar-refractivity contribution in [3.63, 3.8) is 0 Å². The summed E-state index contributed by atoms with van der Waals surface area (Å²) < 4.78 is 10.6. The summed E-state index contributed by atoms with van der Waals surface area (Å²) in [6.07, 6.45) is 3.19. The van der Waals surface area contributed by atoms with Gasteiger partial charge in [-0.2, -0.15) is 0 Å². The molecule has 1 heterocycles. The molecule has 1 N–H and O–H groups in total. The highest BCUT2D eigenvalue weighted by Gasteiger charge is 2.46. The Kier molecular flexibility index (Phi) is 5.82. The summed E-state index contributed by atoms with van der Waals surface area (Å²) in [6.45, 7) is 11.1. The quantitative estimate of drug-likeness (QED) is 0.478. The highest BCUT2D eigenvalue weighted by atomic mass is 16.6. The van der Waals surface area contributed by atoms with Crippen LogP contribution < -0.4 is 0 Å². The Morgan fingerprint density at radius 3 is 2.19 bits per heavy atom. The van der Waals surface area contributed by atoms with Gasteiger partial charge >= 0.3 is 5.97 Å². The number of piperidine rings is 1. The number of allylic oxidation sites excluding steroid dienone is 1. The van der Waals surface area contributed by atoms with Crippen molar-refractivity contribution in [3.05, 3.63) is 11.8 Å². The molecule has 0 spiro atoms. The SMILES string of the molecule is CC=C(OC1CC(C)(C)N(CCO)C(C)(C)C1)C(=O)OC. The first-order valence-corrected chi connectivity index (χ1v) is 7.48. The predicted octanol–water partition coefficient (Wildman–Crippen LogP) is 2.09. The van der Waals surface area contributed by atoms with Gasteiger partial charge in [0.2, 0.25) is 5.76 Å². The lowest BCUT2D eigenvalue weighted by molar-refractivity contribution is -0.145. The van der Waals surface area contributed by atoms with Crippen molar-refractivity contribution in [2.45, 2.75) is 64.6 Å². The van der Waals surface area contributed by atoms with E-state index in [-0.39, 0.29) is 29.5 Å². The number of carbonyl (C=O) groups excluding carboxylic acids is 1. The molecule has 0 saturated carbocycles. The van der Waals surface area contributed by atoms with Gasteiger partial charge in [-0.05, 0) is 40.7 Å². The van der Waals surface area contributed by atoms with Gasteiger partial charge < -0.3 is 14.6 Å². The molecule has 0 aromatic rings. The molecular formula is C16H29NO4. The molecule has 122 valence electrons. The minimum Gasteiger partial charge on any atom is -0.483 e. The molecule has 0 amide bonds. The van der Waals surface area contributed by atoms with Crippen LogP contribution in [0.1, 0.15) is 47.5 Å². The monoisotopic (exact) mass is 299 g/mol. The van der Waals surface area contributed by atoms with E-state index in [2.05, 4.69) is 32.6 Å². The third kappa shape index (κ3) is 4.20. The number of aliphatic hydroxyl groups is 1. The molecule has 0 radical (unpaired) electrons. The summed E-state index contributed by atoms with van der Waals surface area (Å²) in [5, 5.41) is 9.29. The van der Waals surface area contributed by atoms with Crippen molar-refractivity contribution in [2.24, 2.45) is 0 Å². The van der Waals surface area contributed by atoms with E-state index in [1.54, 1.807) is 13.0 Å². The molecular weight excluding hydrogens is 270 g/mol. The second-order valence-electron chi connectivity index (χ2n) is 6.79. The highest BCUT2D eigenvalue weighted by molar-refractivity contribution is 5.86. The van der Waals surface area contributed by atoms with Crippen LogP contribution >= 0.6 is 0 Å². The van der Waals surface area contributed by atoms with Crippen LogP contribution in [-0.2, 0) is 14.3 Å². The first kappa shape index (κ1) is 18.0. The van der Waals surface area contributed by atoms with E-state index in [1.807, 2.05) is 0 Å². The van der Waals surface area contributed by atoms with E-state index in [9.17, 15) is 9.90 Å². The first-order chi connectivity index (χ1) is 9.67. The van der Waals surface area contributed by atoms with Gasteiger partial charge in [-0.15, -0.1) is 0 Å². The van der Waals surface area contributed by atoms with Crippen LogP contribution in [-0.4, -0.2) is 53.4 Å². The lowest BCUT2D eigenvalue weighted by Crippen LogP contribution is -2.62. The zero-order valence-corrected chi connectivity index (χ0v) is 14.1. The summed E-state index contributed by atoms with van der Waals surface area (Å²) in [4.78, 5) is 14.0. The zero-order chi connectivity index (χ0) is 16.3. The molecule has 0 aromatic heterocycles.